The van der Waals surface area contributed by atoms with E-state index in [9.17, 15) is 24.1 Å². The minimum Gasteiger partial charge on any atom is -0.494 e. The first-order valence-electron chi connectivity index (χ1n) is 9.04. The average molecular weight is 419 g/mol. The summed E-state index contributed by atoms with van der Waals surface area (Å²) in [5.74, 6) is -1.79. The fraction of sp³-hybridized carbons (Fsp3) is 0.300. The van der Waals surface area contributed by atoms with Crippen LogP contribution in [-0.4, -0.2) is 49.0 Å². The molecule has 0 aliphatic heterocycles. The van der Waals surface area contributed by atoms with Crippen LogP contribution in [-0.2, 0) is 16.1 Å². The van der Waals surface area contributed by atoms with E-state index < -0.39 is 29.2 Å². The number of nitrogens with one attached hydrogen (secondary N) is 1. The Morgan fingerprint density at radius 2 is 1.97 bits per heavy atom. The van der Waals surface area contributed by atoms with Crippen molar-refractivity contribution in [3.8, 4) is 5.75 Å². The van der Waals surface area contributed by atoms with Crippen molar-refractivity contribution in [2.45, 2.75) is 13.5 Å². The van der Waals surface area contributed by atoms with Crippen LogP contribution in [0.1, 0.15) is 22.8 Å². The van der Waals surface area contributed by atoms with Gasteiger partial charge in [-0.1, -0.05) is 6.07 Å². The number of esters is 1. The Morgan fingerprint density at radius 1 is 1.23 bits per heavy atom. The molecule has 0 aromatic heterocycles. The van der Waals surface area contributed by atoms with Gasteiger partial charge in [0.05, 0.1) is 17.6 Å². The monoisotopic (exact) mass is 419 g/mol. The van der Waals surface area contributed by atoms with E-state index >= 15 is 0 Å². The minimum atomic E-state index is -0.861. The summed E-state index contributed by atoms with van der Waals surface area (Å²) in [4.78, 5) is 36.5. The third-order valence-electron chi connectivity index (χ3n) is 4.35. The summed E-state index contributed by atoms with van der Waals surface area (Å²) < 4.78 is 23.7. The van der Waals surface area contributed by atoms with Crippen molar-refractivity contribution in [3.63, 3.8) is 0 Å². The molecular formula is C20H22FN3O6. The zero-order valence-corrected chi connectivity index (χ0v) is 16.8. The van der Waals surface area contributed by atoms with Gasteiger partial charge in [0.1, 0.15) is 5.69 Å². The lowest BCUT2D eigenvalue weighted by atomic mass is 10.1. The SMILES string of the molecule is CCN(Cc1ccc(OC)c(F)c1)C(=O)COC(=O)c1ccc(NC)c([N+](=O)[O-])c1. The molecule has 0 unspecified atom stereocenters. The average Bonchev–Trinajstić information content (AvgIpc) is 2.75. The zero-order chi connectivity index (χ0) is 22.3. The van der Waals surface area contributed by atoms with Crippen LogP contribution in [0.2, 0.25) is 0 Å². The Labute approximate surface area is 172 Å². The van der Waals surface area contributed by atoms with Crippen molar-refractivity contribution in [2.24, 2.45) is 0 Å². The Bertz CT molecular complexity index is 950. The van der Waals surface area contributed by atoms with Gasteiger partial charge in [0, 0.05) is 26.2 Å². The number of rotatable bonds is 9. The fourth-order valence-electron chi connectivity index (χ4n) is 2.73. The van der Waals surface area contributed by atoms with E-state index in [1.807, 2.05) is 0 Å². The number of carbonyl (C=O) groups excluding carboxylic acids is 2. The molecule has 0 spiro atoms. The molecule has 1 N–H and O–H groups in total. The number of methoxy groups -OCH3 is 1. The maximum absolute atomic E-state index is 13.8. The first-order chi connectivity index (χ1) is 14.3. The molecule has 0 aliphatic rings. The molecule has 10 heteroatoms. The summed E-state index contributed by atoms with van der Waals surface area (Å²) in [6.45, 7) is 1.62. The second kappa shape index (κ2) is 10.2. The van der Waals surface area contributed by atoms with Crippen LogP contribution in [0.5, 0.6) is 5.75 Å². The molecule has 2 rings (SSSR count). The highest BCUT2D eigenvalue weighted by Gasteiger charge is 2.20. The fourth-order valence-corrected chi connectivity index (χ4v) is 2.73. The van der Waals surface area contributed by atoms with Gasteiger partial charge in [-0.25, -0.2) is 9.18 Å². The molecule has 0 bridgehead atoms. The van der Waals surface area contributed by atoms with E-state index in [0.29, 0.717) is 12.1 Å². The van der Waals surface area contributed by atoms with Crippen molar-refractivity contribution in [2.75, 3.05) is 32.6 Å². The number of hydrogen-bond acceptors (Lipinski definition) is 7. The number of carbonyl (C=O) groups is 2. The van der Waals surface area contributed by atoms with E-state index in [4.69, 9.17) is 9.47 Å². The highest BCUT2D eigenvalue weighted by molar-refractivity contribution is 5.93. The number of nitro groups is 1. The lowest BCUT2D eigenvalue weighted by Gasteiger charge is -2.21. The van der Waals surface area contributed by atoms with Crippen molar-refractivity contribution >= 4 is 23.3 Å². The summed E-state index contributed by atoms with van der Waals surface area (Å²) in [5.41, 5.74) is 0.466. The van der Waals surface area contributed by atoms with Gasteiger partial charge < -0.3 is 19.7 Å². The zero-order valence-electron chi connectivity index (χ0n) is 16.8. The number of nitrogens with zero attached hydrogens (tertiary/aromatic N) is 2. The van der Waals surface area contributed by atoms with Crippen LogP contribution in [0.15, 0.2) is 36.4 Å². The number of benzene rings is 2. The molecule has 2 aromatic rings. The number of amides is 1. The molecule has 0 fully saturated rings. The maximum atomic E-state index is 13.8. The van der Waals surface area contributed by atoms with Gasteiger partial charge in [-0.15, -0.1) is 0 Å². The predicted octanol–water partition coefficient (Wildman–Crippen LogP) is 2.99. The number of halogens is 1. The first kappa shape index (κ1) is 22.6. The van der Waals surface area contributed by atoms with Gasteiger partial charge in [0.2, 0.25) is 0 Å². The van der Waals surface area contributed by atoms with E-state index in [1.54, 1.807) is 13.0 Å². The lowest BCUT2D eigenvalue weighted by Crippen LogP contribution is -2.34. The van der Waals surface area contributed by atoms with Crippen LogP contribution in [0, 0.1) is 15.9 Å². The second-order valence-electron chi connectivity index (χ2n) is 6.19. The van der Waals surface area contributed by atoms with Crippen LogP contribution in [0.25, 0.3) is 0 Å². The Balaban J connectivity index is 2.02. The molecule has 0 aliphatic carbocycles. The quantitative estimate of drug-likeness (QED) is 0.378. The standard InChI is InChI=1S/C20H22FN3O6/c1-4-23(11-13-5-8-18(29-3)15(21)9-13)19(25)12-30-20(26)14-6-7-16(22-2)17(10-14)24(27)28/h5-10,22H,4,11-12H2,1-3H3. The second-order valence-corrected chi connectivity index (χ2v) is 6.19. The Hall–Kier alpha value is -3.69. The maximum Gasteiger partial charge on any atom is 0.338 e. The van der Waals surface area contributed by atoms with Crippen molar-refractivity contribution < 1.29 is 28.4 Å². The Kier molecular flexibility index (Phi) is 7.68. The van der Waals surface area contributed by atoms with Crippen molar-refractivity contribution in [3.05, 3.63) is 63.5 Å². The topological polar surface area (TPSA) is 111 Å². The van der Waals surface area contributed by atoms with Crippen molar-refractivity contribution in [1.82, 2.24) is 4.90 Å². The number of ether oxygens (including phenoxy) is 2. The van der Waals surface area contributed by atoms with Crippen LogP contribution in [0.4, 0.5) is 15.8 Å². The van der Waals surface area contributed by atoms with Crippen LogP contribution < -0.4 is 10.1 Å². The predicted molar refractivity (Wildman–Crippen MR) is 107 cm³/mol. The molecule has 2 aromatic carbocycles. The highest BCUT2D eigenvalue weighted by Crippen LogP contribution is 2.25. The molecule has 160 valence electrons. The molecule has 30 heavy (non-hydrogen) atoms. The highest BCUT2D eigenvalue weighted by atomic mass is 19.1. The van der Waals surface area contributed by atoms with Crippen molar-refractivity contribution in [1.29, 1.82) is 0 Å². The third-order valence-corrected chi connectivity index (χ3v) is 4.35. The smallest absolute Gasteiger partial charge is 0.338 e. The number of nitro benzene ring substituents is 1. The first-order valence-corrected chi connectivity index (χ1v) is 9.04. The summed E-state index contributed by atoms with van der Waals surface area (Å²) in [6.07, 6.45) is 0. The third kappa shape index (κ3) is 5.43. The summed E-state index contributed by atoms with van der Waals surface area (Å²) in [6, 6.07) is 8.19. The summed E-state index contributed by atoms with van der Waals surface area (Å²) in [7, 11) is 2.88. The molecular weight excluding hydrogens is 397 g/mol. The lowest BCUT2D eigenvalue weighted by molar-refractivity contribution is -0.384. The summed E-state index contributed by atoms with van der Waals surface area (Å²) in [5, 5.41) is 13.8. The number of likely N-dealkylation sites (N-methyl/N-ethyl adjacent to an activating group) is 1. The van der Waals surface area contributed by atoms with Gasteiger partial charge in [-0.3, -0.25) is 14.9 Å². The molecule has 0 saturated heterocycles. The van der Waals surface area contributed by atoms with Gasteiger partial charge >= 0.3 is 5.97 Å². The minimum absolute atomic E-state index is 0.0474. The molecule has 0 saturated carbocycles. The van der Waals surface area contributed by atoms with Gasteiger partial charge in [-0.05, 0) is 36.8 Å². The van der Waals surface area contributed by atoms with Gasteiger partial charge in [0.25, 0.3) is 11.6 Å². The molecule has 0 radical (unpaired) electrons. The van der Waals surface area contributed by atoms with E-state index in [0.717, 1.165) is 6.07 Å². The molecule has 0 atom stereocenters. The molecule has 1 amide bonds. The van der Waals surface area contributed by atoms with Crippen LogP contribution in [0.3, 0.4) is 0 Å². The summed E-state index contributed by atoms with van der Waals surface area (Å²) >= 11 is 0. The van der Waals surface area contributed by atoms with Gasteiger partial charge in [-0.2, -0.15) is 0 Å². The largest absolute Gasteiger partial charge is 0.494 e. The van der Waals surface area contributed by atoms with Gasteiger partial charge in [0.15, 0.2) is 18.2 Å². The van der Waals surface area contributed by atoms with E-state index in [1.165, 1.54) is 43.3 Å². The normalized spacial score (nSPS) is 10.3. The number of anilines is 1. The number of hydrogen-bond donors (Lipinski definition) is 1. The molecule has 9 nitrogen and oxygen atoms in total. The van der Waals surface area contributed by atoms with E-state index in [-0.39, 0.29) is 29.2 Å². The van der Waals surface area contributed by atoms with Crippen LogP contribution >= 0.6 is 0 Å². The Morgan fingerprint density at radius 3 is 2.53 bits per heavy atom. The van der Waals surface area contributed by atoms with E-state index in [2.05, 4.69) is 5.32 Å². The molecule has 0 heterocycles.